The van der Waals surface area contributed by atoms with Gasteiger partial charge in [-0.1, -0.05) is 31.2 Å². The first-order chi connectivity index (χ1) is 13.0. The molecule has 0 bridgehead atoms. The van der Waals surface area contributed by atoms with Gasteiger partial charge in [0, 0.05) is 45.8 Å². The number of hydrogen-bond donors (Lipinski definition) is 0. The Morgan fingerprint density at radius 1 is 0.926 bits per heavy atom. The van der Waals surface area contributed by atoms with Crippen LogP contribution in [-0.4, -0.2) is 89.7 Å². The van der Waals surface area contributed by atoms with E-state index in [-0.39, 0.29) is 12.5 Å². The highest BCUT2D eigenvalue weighted by molar-refractivity contribution is 6.35. The minimum atomic E-state index is -0.574. The molecule has 146 valence electrons. The fraction of sp³-hybridized carbons (Fsp3) is 0.550. The van der Waals surface area contributed by atoms with Crippen LogP contribution in [0.25, 0.3) is 0 Å². The van der Waals surface area contributed by atoms with Crippen molar-refractivity contribution in [3.8, 4) is 0 Å². The van der Waals surface area contributed by atoms with Gasteiger partial charge in [0.15, 0.2) is 0 Å². The Labute approximate surface area is 160 Å². The fourth-order valence-electron chi connectivity index (χ4n) is 3.59. The maximum absolute atomic E-state index is 12.5. The van der Waals surface area contributed by atoms with Gasteiger partial charge in [-0.25, -0.2) is 0 Å². The van der Waals surface area contributed by atoms with Crippen molar-refractivity contribution in [2.24, 2.45) is 0 Å². The summed E-state index contributed by atoms with van der Waals surface area (Å²) in [5.41, 5.74) is 2.14. The van der Waals surface area contributed by atoms with Gasteiger partial charge < -0.3 is 19.6 Å². The van der Waals surface area contributed by atoms with Crippen molar-refractivity contribution in [3.63, 3.8) is 0 Å². The van der Waals surface area contributed by atoms with Gasteiger partial charge in [0.25, 0.3) is 0 Å². The van der Waals surface area contributed by atoms with E-state index in [0.29, 0.717) is 32.7 Å². The molecule has 27 heavy (non-hydrogen) atoms. The van der Waals surface area contributed by atoms with Crippen molar-refractivity contribution in [2.45, 2.75) is 20.4 Å². The highest BCUT2D eigenvalue weighted by Crippen LogP contribution is 2.14. The van der Waals surface area contributed by atoms with Crippen LogP contribution < -0.4 is 0 Å². The molecule has 0 N–H and O–H groups in total. The Morgan fingerprint density at radius 2 is 1.56 bits per heavy atom. The number of aryl methyl sites for hydroxylation is 1. The third kappa shape index (κ3) is 4.47. The number of rotatable bonds is 5. The first-order valence-electron chi connectivity index (χ1n) is 9.62. The lowest BCUT2D eigenvalue weighted by atomic mass is 10.1. The van der Waals surface area contributed by atoms with E-state index >= 15 is 0 Å². The highest BCUT2D eigenvalue weighted by Gasteiger charge is 2.34. The number of piperazine rings is 2. The first kappa shape index (κ1) is 19.4. The number of hydrogen-bond acceptors (Lipinski definition) is 4. The summed E-state index contributed by atoms with van der Waals surface area (Å²) in [6.45, 7) is 9.45. The third-order valence-electron chi connectivity index (χ3n) is 5.52. The number of nitrogens with zero attached hydrogens (tertiary/aromatic N) is 4. The lowest BCUT2D eigenvalue weighted by Crippen LogP contribution is -2.57. The zero-order valence-electron chi connectivity index (χ0n) is 16.2. The highest BCUT2D eigenvalue weighted by atomic mass is 16.2. The van der Waals surface area contributed by atoms with Crippen molar-refractivity contribution in [3.05, 3.63) is 35.4 Å². The van der Waals surface area contributed by atoms with Gasteiger partial charge in [-0.2, -0.15) is 0 Å². The summed E-state index contributed by atoms with van der Waals surface area (Å²) >= 11 is 0. The number of carbonyl (C=O) groups is 3. The average molecular weight is 372 g/mol. The van der Waals surface area contributed by atoms with E-state index in [2.05, 4.69) is 11.8 Å². The van der Waals surface area contributed by atoms with Gasteiger partial charge in [-0.05, 0) is 24.6 Å². The summed E-state index contributed by atoms with van der Waals surface area (Å²) in [5, 5.41) is 0. The van der Waals surface area contributed by atoms with E-state index < -0.39 is 11.8 Å². The molecule has 3 amide bonds. The van der Waals surface area contributed by atoms with E-state index in [1.54, 1.807) is 9.80 Å². The molecule has 2 aliphatic heterocycles. The van der Waals surface area contributed by atoms with E-state index in [4.69, 9.17) is 0 Å². The molecule has 2 fully saturated rings. The molecular formula is C20H28N4O3. The summed E-state index contributed by atoms with van der Waals surface area (Å²) in [6, 6.07) is 7.85. The monoisotopic (exact) mass is 372 g/mol. The van der Waals surface area contributed by atoms with Crippen molar-refractivity contribution < 1.29 is 14.4 Å². The molecule has 2 saturated heterocycles. The number of amides is 3. The van der Waals surface area contributed by atoms with E-state index in [9.17, 15) is 14.4 Å². The summed E-state index contributed by atoms with van der Waals surface area (Å²) in [7, 11) is 0. The van der Waals surface area contributed by atoms with Crippen LogP contribution in [0.4, 0.5) is 0 Å². The Kier molecular flexibility index (Phi) is 6.11. The zero-order valence-corrected chi connectivity index (χ0v) is 16.2. The van der Waals surface area contributed by atoms with E-state index in [0.717, 1.165) is 30.8 Å². The first-order valence-corrected chi connectivity index (χ1v) is 9.62. The second-order valence-corrected chi connectivity index (χ2v) is 7.19. The Bertz CT molecular complexity index is 713. The van der Waals surface area contributed by atoms with Crippen LogP contribution in [0, 0.1) is 6.92 Å². The molecule has 7 heteroatoms. The summed E-state index contributed by atoms with van der Waals surface area (Å²) in [4.78, 5) is 44.6. The minimum absolute atomic E-state index is 0.00506. The smallest absolute Gasteiger partial charge is 0.312 e. The molecule has 0 radical (unpaired) electrons. The zero-order chi connectivity index (χ0) is 19.4. The normalized spacial score (nSPS) is 19.0. The molecule has 3 rings (SSSR count). The second-order valence-electron chi connectivity index (χ2n) is 7.19. The van der Waals surface area contributed by atoms with Crippen LogP contribution in [-0.2, 0) is 20.9 Å². The van der Waals surface area contributed by atoms with Gasteiger partial charge in [0.2, 0.25) is 5.91 Å². The molecule has 1 aromatic carbocycles. The van der Waals surface area contributed by atoms with Crippen LogP contribution in [0.3, 0.4) is 0 Å². The Hall–Kier alpha value is -2.41. The molecule has 0 spiro atoms. The molecular weight excluding hydrogens is 344 g/mol. The van der Waals surface area contributed by atoms with Crippen LogP contribution in [0.1, 0.15) is 18.1 Å². The SMILES string of the molecule is CCN1CCN(C(=O)CN2CCN(Cc3ccccc3C)C(=O)C2=O)CC1. The van der Waals surface area contributed by atoms with E-state index in [1.807, 2.05) is 31.2 Å². The number of benzene rings is 1. The maximum atomic E-state index is 12.5. The largest absolute Gasteiger partial charge is 0.339 e. The second kappa shape index (κ2) is 8.52. The lowest BCUT2D eigenvalue weighted by Gasteiger charge is -2.37. The molecule has 0 aliphatic carbocycles. The predicted molar refractivity (Wildman–Crippen MR) is 102 cm³/mol. The molecule has 0 unspecified atom stereocenters. The van der Waals surface area contributed by atoms with Crippen LogP contribution in [0.2, 0.25) is 0 Å². The fourth-order valence-corrected chi connectivity index (χ4v) is 3.59. The number of likely N-dealkylation sites (N-methyl/N-ethyl adjacent to an activating group) is 1. The summed E-state index contributed by atoms with van der Waals surface area (Å²) < 4.78 is 0. The molecule has 2 aliphatic rings. The lowest BCUT2D eigenvalue weighted by molar-refractivity contribution is -0.158. The number of carbonyl (C=O) groups excluding carboxylic acids is 3. The van der Waals surface area contributed by atoms with Gasteiger partial charge in [0.1, 0.15) is 6.54 Å². The van der Waals surface area contributed by atoms with Gasteiger partial charge in [-0.3, -0.25) is 14.4 Å². The van der Waals surface area contributed by atoms with Crippen LogP contribution in [0.5, 0.6) is 0 Å². The standard InChI is InChI=1S/C20H28N4O3/c1-3-21-8-10-22(11-9-21)18(25)15-24-13-12-23(19(26)20(24)27)14-17-7-5-4-6-16(17)2/h4-7H,3,8-15H2,1-2H3. The van der Waals surface area contributed by atoms with Gasteiger partial charge in [0.05, 0.1) is 0 Å². The van der Waals surface area contributed by atoms with Crippen molar-refractivity contribution >= 4 is 17.7 Å². The average Bonchev–Trinajstić information content (AvgIpc) is 2.69. The quantitative estimate of drug-likeness (QED) is 0.699. The van der Waals surface area contributed by atoms with Crippen LogP contribution in [0.15, 0.2) is 24.3 Å². The van der Waals surface area contributed by atoms with Gasteiger partial charge in [-0.15, -0.1) is 0 Å². The molecule has 2 heterocycles. The third-order valence-corrected chi connectivity index (χ3v) is 5.52. The Morgan fingerprint density at radius 3 is 2.22 bits per heavy atom. The Balaban J connectivity index is 1.54. The van der Waals surface area contributed by atoms with Crippen molar-refractivity contribution in [2.75, 3.05) is 52.4 Å². The molecule has 7 nitrogen and oxygen atoms in total. The maximum Gasteiger partial charge on any atom is 0.312 e. The predicted octanol–water partition coefficient (Wildman–Crippen LogP) is 0.330. The van der Waals surface area contributed by atoms with E-state index in [1.165, 1.54) is 4.90 Å². The summed E-state index contributed by atoms with van der Waals surface area (Å²) in [6.07, 6.45) is 0. The topological polar surface area (TPSA) is 64.2 Å². The molecule has 0 saturated carbocycles. The molecule has 0 aromatic heterocycles. The van der Waals surface area contributed by atoms with Gasteiger partial charge >= 0.3 is 11.8 Å². The van der Waals surface area contributed by atoms with Crippen LogP contribution >= 0.6 is 0 Å². The minimum Gasteiger partial charge on any atom is -0.339 e. The summed E-state index contributed by atoms with van der Waals surface area (Å²) in [5.74, 6) is -1.16. The van der Waals surface area contributed by atoms with Crippen molar-refractivity contribution in [1.29, 1.82) is 0 Å². The molecule has 1 aromatic rings. The van der Waals surface area contributed by atoms with Crippen molar-refractivity contribution in [1.82, 2.24) is 19.6 Å². The molecule has 0 atom stereocenters.